The van der Waals surface area contributed by atoms with E-state index in [9.17, 15) is 4.79 Å². The van der Waals surface area contributed by atoms with E-state index in [1.54, 1.807) is 7.11 Å². The van der Waals surface area contributed by atoms with Gasteiger partial charge in [-0.15, -0.1) is 0 Å². The minimum atomic E-state index is 0.0467. The molecule has 24 heavy (non-hydrogen) atoms. The van der Waals surface area contributed by atoms with Gasteiger partial charge in [-0.2, -0.15) is 0 Å². The Hall–Kier alpha value is -2.24. The van der Waals surface area contributed by atoms with Crippen LogP contribution < -0.4 is 20.7 Å². The lowest BCUT2D eigenvalue weighted by atomic mass is 10.1. The molecule has 0 aliphatic carbocycles. The van der Waals surface area contributed by atoms with Crippen molar-refractivity contribution in [3.63, 3.8) is 0 Å². The number of carbonyl (C=O) groups is 1. The number of carbonyl (C=O) groups excluding carboxylic acids is 1. The van der Waals surface area contributed by atoms with Gasteiger partial charge in [-0.1, -0.05) is 25.1 Å². The first-order chi connectivity index (χ1) is 11.7. The fraction of sp³-hybridized carbons (Fsp3) is 0.556. The van der Waals surface area contributed by atoms with Crippen LogP contribution in [-0.2, 0) is 11.2 Å². The minimum Gasteiger partial charge on any atom is -0.496 e. The lowest BCUT2D eigenvalue weighted by Gasteiger charge is -2.12. The average molecular weight is 334 g/mol. The summed E-state index contributed by atoms with van der Waals surface area (Å²) < 4.78 is 5.36. The van der Waals surface area contributed by atoms with Crippen molar-refractivity contribution in [1.82, 2.24) is 16.0 Å². The zero-order valence-corrected chi connectivity index (χ0v) is 15.0. The molecular weight excluding hydrogens is 304 g/mol. The van der Waals surface area contributed by atoms with Gasteiger partial charge in [-0.25, -0.2) is 0 Å². The molecule has 1 aromatic rings. The Morgan fingerprint density at radius 3 is 2.62 bits per heavy atom. The molecule has 1 amide bonds. The molecule has 0 fully saturated rings. The molecule has 6 nitrogen and oxygen atoms in total. The summed E-state index contributed by atoms with van der Waals surface area (Å²) >= 11 is 0. The number of nitrogens with one attached hydrogen (secondary N) is 3. The van der Waals surface area contributed by atoms with Gasteiger partial charge in [0, 0.05) is 26.1 Å². The Bertz CT molecular complexity index is 517. The van der Waals surface area contributed by atoms with Gasteiger partial charge >= 0.3 is 0 Å². The Morgan fingerprint density at radius 1 is 1.12 bits per heavy atom. The van der Waals surface area contributed by atoms with Gasteiger partial charge in [0.15, 0.2) is 5.96 Å². The van der Waals surface area contributed by atoms with Gasteiger partial charge in [-0.3, -0.25) is 9.79 Å². The number of rotatable bonds is 10. The summed E-state index contributed by atoms with van der Waals surface area (Å²) in [5.41, 5.74) is 1.15. The van der Waals surface area contributed by atoms with E-state index >= 15 is 0 Å². The quantitative estimate of drug-likeness (QED) is 0.450. The van der Waals surface area contributed by atoms with Crippen molar-refractivity contribution in [2.75, 3.05) is 33.3 Å². The number of aliphatic imine (C=N–C) groups is 1. The van der Waals surface area contributed by atoms with Gasteiger partial charge in [0.25, 0.3) is 0 Å². The summed E-state index contributed by atoms with van der Waals surface area (Å²) in [7, 11) is 1.68. The summed E-state index contributed by atoms with van der Waals surface area (Å²) in [4.78, 5) is 16.0. The van der Waals surface area contributed by atoms with Crippen LogP contribution in [0.1, 0.15) is 32.3 Å². The largest absolute Gasteiger partial charge is 0.496 e. The van der Waals surface area contributed by atoms with E-state index in [0.29, 0.717) is 13.0 Å². The van der Waals surface area contributed by atoms with Crippen LogP contribution >= 0.6 is 0 Å². The van der Waals surface area contributed by atoms with Crippen molar-refractivity contribution in [3.8, 4) is 5.75 Å². The fourth-order valence-corrected chi connectivity index (χ4v) is 2.19. The average Bonchev–Trinajstić information content (AvgIpc) is 2.60. The van der Waals surface area contributed by atoms with E-state index in [1.165, 1.54) is 0 Å². The second-order valence-corrected chi connectivity index (χ2v) is 5.35. The molecule has 0 aliphatic rings. The molecule has 0 saturated heterocycles. The van der Waals surface area contributed by atoms with Crippen molar-refractivity contribution >= 4 is 11.9 Å². The van der Waals surface area contributed by atoms with E-state index < -0.39 is 0 Å². The van der Waals surface area contributed by atoms with Crippen LogP contribution in [0.25, 0.3) is 0 Å². The zero-order chi connectivity index (χ0) is 17.6. The first kappa shape index (κ1) is 19.8. The van der Waals surface area contributed by atoms with E-state index in [4.69, 9.17) is 4.74 Å². The molecule has 0 spiro atoms. The van der Waals surface area contributed by atoms with Crippen LogP contribution in [-0.4, -0.2) is 45.2 Å². The predicted octanol–water partition coefficient (Wildman–Crippen LogP) is 1.71. The van der Waals surface area contributed by atoms with Crippen molar-refractivity contribution in [3.05, 3.63) is 29.8 Å². The van der Waals surface area contributed by atoms with Crippen molar-refractivity contribution in [2.24, 2.45) is 4.99 Å². The summed E-state index contributed by atoms with van der Waals surface area (Å²) in [6, 6.07) is 7.99. The highest BCUT2D eigenvalue weighted by Crippen LogP contribution is 2.17. The predicted molar refractivity (Wildman–Crippen MR) is 98.6 cm³/mol. The molecule has 0 radical (unpaired) electrons. The van der Waals surface area contributed by atoms with Gasteiger partial charge < -0.3 is 20.7 Å². The second kappa shape index (κ2) is 12.2. The van der Waals surface area contributed by atoms with E-state index in [-0.39, 0.29) is 5.91 Å². The third kappa shape index (κ3) is 7.85. The third-order valence-electron chi connectivity index (χ3n) is 3.40. The number of methoxy groups -OCH3 is 1. The number of hydrogen-bond acceptors (Lipinski definition) is 3. The molecule has 0 heterocycles. The van der Waals surface area contributed by atoms with Gasteiger partial charge in [0.1, 0.15) is 5.75 Å². The minimum absolute atomic E-state index is 0.0467. The molecular formula is C18H30N4O2. The lowest BCUT2D eigenvalue weighted by molar-refractivity contribution is -0.120. The number of hydrogen-bond donors (Lipinski definition) is 3. The molecule has 134 valence electrons. The molecule has 0 aliphatic heterocycles. The number of ether oxygens (including phenoxy) is 1. The molecule has 1 aromatic carbocycles. The van der Waals surface area contributed by atoms with Crippen molar-refractivity contribution in [2.45, 2.75) is 33.1 Å². The number of para-hydroxylation sites is 1. The van der Waals surface area contributed by atoms with Gasteiger partial charge in [0.2, 0.25) is 5.91 Å². The zero-order valence-electron chi connectivity index (χ0n) is 15.0. The van der Waals surface area contributed by atoms with Crippen LogP contribution in [0.3, 0.4) is 0 Å². The Labute approximate surface area is 145 Å². The standard InChI is InChI=1S/C18H30N4O2/c1-4-12-20-17(23)11-14-22-18(19-5-2)21-13-10-15-8-6-7-9-16(15)24-3/h6-9H,4-5,10-14H2,1-3H3,(H,20,23)(H2,19,21,22). The van der Waals surface area contributed by atoms with Crippen LogP contribution in [0.4, 0.5) is 0 Å². The van der Waals surface area contributed by atoms with Crippen LogP contribution in [0, 0.1) is 0 Å². The molecule has 0 bridgehead atoms. The van der Waals surface area contributed by atoms with Crippen molar-refractivity contribution in [1.29, 1.82) is 0 Å². The Balaban J connectivity index is 2.42. The van der Waals surface area contributed by atoms with E-state index in [1.807, 2.05) is 32.0 Å². The maximum atomic E-state index is 11.6. The highest BCUT2D eigenvalue weighted by atomic mass is 16.5. The number of amides is 1. The summed E-state index contributed by atoms with van der Waals surface area (Å²) in [5.74, 6) is 1.68. The van der Waals surface area contributed by atoms with Crippen LogP contribution in [0.5, 0.6) is 5.75 Å². The molecule has 6 heteroatoms. The molecule has 0 aromatic heterocycles. The highest BCUT2D eigenvalue weighted by Gasteiger charge is 2.03. The first-order valence-electron chi connectivity index (χ1n) is 8.62. The number of nitrogens with zero attached hydrogens (tertiary/aromatic N) is 1. The summed E-state index contributed by atoms with van der Waals surface area (Å²) in [6.07, 6.45) is 2.19. The SMILES string of the molecule is CCCNC(=O)CCN=C(NCC)NCCc1ccccc1OC. The van der Waals surface area contributed by atoms with E-state index in [2.05, 4.69) is 27.0 Å². The Kier molecular flexibility index (Phi) is 10.1. The maximum Gasteiger partial charge on any atom is 0.221 e. The van der Waals surface area contributed by atoms with Gasteiger partial charge in [-0.05, 0) is 31.4 Å². The molecule has 0 unspecified atom stereocenters. The number of guanidine groups is 1. The summed E-state index contributed by atoms with van der Waals surface area (Å²) in [5, 5.41) is 9.33. The van der Waals surface area contributed by atoms with Crippen LogP contribution in [0.15, 0.2) is 29.3 Å². The smallest absolute Gasteiger partial charge is 0.221 e. The van der Waals surface area contributed by atoms with E-state index in [0.717, 1.165) is 49.7 Å². The van der Waals surface area contributed by atoms with Crippen LogP contribution in [0.2, 0.25) is 0 Å². The fourth-order valence-electron chi connectivity index (χ4n) is 2.19. The third-order valence-corrected chi connectivity index (χ3v) is 3.40. The van der Waals surface area contributed by atoms with Gasteiger partial charge in [0.05, 0.1) is 13.7 Å². The highest BCUT2D eigenvalue weighted by molar-refractivity contribution is 5.80. The maximum absolute atomic E-state index is 11.6. The van der Waals surface area contributed by atoms with Crippen molar-refractivity contribution < 1.29 is 9.53 Å². The number of benzene rings is 1. The Morgan fingerprint density at radius 2 is 1.92 bits per heavy atom. The monoisotopic (exact) mass is 334 g/mol. The molecule has 0 atom stereocenters. The lowest BCUT2D eigenvalue weighted by Crippen LogP contribution is -2.38. The topological polar surface area (TPSA) is 74.8 Å². The second-order valence-electron chi connectivity index (χ2n) is 5.35. The molecule has 3 N–H and O–H groups in total. The summed E-state index contributed by atoms with van der Waals surface area (Å²) in [6.45, 7) is 6.77. The first-order valence-corrected chi connectivity index (χ1v) is 8.62. The molecule has 1 rings (SSSR count). The normalized spacial score (nSPS) is 11.0. The molecule has 0 saturated carbocycles.